The summed E-state index contributed by atoms with van der Waals surface area (Å²) in [6.45, 7) is 5.23. The van der Waals surface area contributed by atoms with Crippen molar-refractivity contribution >= 4 is 0 Å². The normalized spacial score (nSPS) is 18.9. The SMILES string of the molecule is CC(C)C(OCCC1CC1)C(N)c1ccccc1. The quantitative estimate of drug-likeness (QED) is 0.800. The summed E-state index contributed by atoms with van der Waals surface area (Å²) in [4.78, 5) is 0. The van der Waals surface area contributed by atoms with E-state index in [0.717, 1.165) is 12.5 Å². The average Bonchev–Trinajstić information content (AvgIpc) is 3.18. The molecule has 1 aliphatic rings. The lowest BCUT2D eigenvalue weighted by molar-refractivity contribution is 0.00178. The summed E-state index contributed by atoms with van der Waals surface area (Å²) in [6.07, 6.45) is 4.09. The Kier molecular flexibility index (Phi) is 4.79. The predicted molar refractivity (Wildman–Crippen MR) is 75.3 cm³/mol. The van der Waals surface area contributed by atoms with E-state index in [2.05, 4.69) is 26.0 Å². The van der Waals surface area contributed by atoms with E-state index in [9.17, 15) is 0 Å². The molecular formula is C16H25NO. The number of rotatable bonds is 7. The Morgan fingerprint density at radius 2 is 1.89 bits per heavy atom. The molecule has 1 fully saturated rings. The molecule has 0 radical (unpaired) electrons. The standard InChI is InChI=1S/C16H25NO/c1-12(2)16(18-11-10-13-8-9-13)15(17)14-6-4-3-5-7-14/h3-7,12-13,15-16H,8-11,17H2,1-2H3. The van der Waals surface area contributed by atoms with E-state index in [0.29, 0.717) is 5.92 Å². The largest absolute Gasteiger partial charge is 0.376 e. The van der Waals surface area contributed by atoms with Crippen LogP contribution in [-0.2, 0) is 4.74 Å². The van der Waals surface area contributed by atoms with E-state index in [1.807, 2.05) is 18.2 Å². The van der Waals surface area contributed by atoms with Crippen molar-refractivity contribution in [2.45, 2.75) is 45.3 Å². The Morgan fingerprint density at radius 3 is 2.44 bits per heavy atom. The first kappa shape index (κ1) is 13.6. The van der Waals surface area contributed by atoms with Gasteiger partial charge < -0.3 is 10.5 Å². The fraction of sp³-hybridized carbons (Fsp3) is 0.625. The molecule has 2 heteroatoms. The number of benzene rings is 1. The van der Waals surface area contributed by atoms with Gasteiger partial charge in [-0.25, -0.2) is 0 Å². The zero-order valence-electron chi connectivity index (χ0n) is 11.5. The van der Waals surface area contributed by atoms with Crippen molar-refractivity contribution in [3.63, 3.8) is 0 Å². The zero-order chi connectivity index (χ0) is 13.0. The van der Waals surface area contributed by atoms with E-state index < -0.39 is 0 Å². The predicted octanol–water partition coefficient (Wildman–Crippen LogP) is 3.53. The van der Waals surface area contributed by atoms with E-state index in [1.165, 1.54) is 24.8 Å². The molecule has 100 valence electrons. The molecule has 0 amide bonds. The molecule has 1 saturated carbocycles. The van der Waals surface area contributed by atoms with Crippen molar-refractivity contribution < 1.29 is 4.74 Å². The summed E-state index contributed by atoms with van der Waals surface area (Å²) in [5.41, 5.74) is 7.52. The van der Waals surface area contributed by atoms with Crippen LogP contribution in [0.4, 0.5) is 0 Å². The molecule has 2 unspecified atom stereocenters. The van der Waals surface area contributed by atoms with Crippen molar-refractivity contribution in [1.29, 1.82) is 0 Å². The number of hydrogen-bond donors (Lipinski definition) is 1. The van der Waals surface area contributed by atoms with Crippen LogP contribution < -0.4 is 5.73 Å². The third-order valence-corrected chi connectivity index (χ3v) is 3.73. The van der Waals surface area contributed by atoms with Gasteiger partial charge in [-0.3, -0.25) is 0 Å². The monoisotopic (exact) mass is 247 g/mol. The van der Waals surface area contributed by atoms with Crippen molar-refractivity contribution in [2.75, 3.05) is 6.61 Å². The maximum Gasteiger partial charge on any atom is 0.0790 e. The summed E-state index contributed by atoms with van der Waals surface area (Å²) in [5, 5.41) is 0. The maximum atomic E-state index is 6.35. The Labute approximate surface area is 111 Å². The third kappa shape index (κ3) is 3.82. The maximum absolute atomic E-state index is 6.35. The lowest BCUT2D eigenvalue weighted by Crippen LogP contribution is -2.33. The molecule has 0 heterocycles. The molecule has 0 spiro atoms. The molecule has 0 aliphatic heterocycles. The number of hydrogen-bond acceptors (Lipinski definition) is 2. The summed E-state index contributed by atoms with van der Waals surface area (Å²) < 4.78 is 6.05. The van der Waals surface area contributed by atoms with Gasteiger partial charge in [0.05, 0.1) is 12.1 Å². The van der Waals surface area contributed by atoms with Crippen LogP contribution in [-0.4, -0.2) is 12.7 Å². The third-order valence-electron chi connectivity index (χ3n) is 3.73. The second-order valence-corrected chi connectivity index (χ2v) is 5.75. The minimum absolute atomic E-state index is 0.0228. The van der Waals surface area contributed by atoms with Crippen molar-refractivity contribution in [3.05, 3.63) is 35.9 Å². The molecule has 2 nitrogen and oxygen atoms in total. The molecule has 2 rings (SSSR count). The van der Waals surface area contributed by atoms with Gasteiger partial charge in [0.15, 0.2) is 0 Å². The highest BCUT2D eigenvalue weighted by Crippen LogP contribution is 2.33. The molecular weight excluding hydrogens is 222 g/mol. The van der Waals surface area contributed by atoms with Gasteiger partial charge in [0.25, 0.3) is 0 Å². The second kappa shape index (κ2) is 6.35. The Bertz CT molecular complexity index is 345. The van der Waals surface area contributed by atoms with Gasteiger partial charge in [0.1, 0.15) is 0 Å². The fourth-order valence-electron chi connectivity index (χ4n) is 2.35. The van der Waals surface area contributed by atoms with Crippen LogP contribution in [0.25, 0.3) is 0 Å². The van der Waals surface area contributed by atoms with Crippen LogP contribution >= 0.6 is 0 Å². The molecule has 1 aromatic rings. The molecule has 2 N–H and O–H groups in total. The molecule has 0 saturated heterocycles. The minimum atomic E-state index is -0.0228. The number of nitrogens with two attached hydrogens (primary N) is 1. The van der Waals surface area contributed by atoms with Gasteiger partial charge in [-0.15, -0.1) is 0 Å². The first-order chi connectivity index (χ1) is 8.68. The Hall–Kier alpha value is -0.860. The van der Waals surface area contributed by atoms with Crippen molar-refractivity contribution in [2.24, 2.45) is 17.6 Å². The van der Waals surface area contributed by atoms with Gasteiger partial charge in [-0.05, 0) is 23.8 Å². The highest BCUT2D eigenvalue weighted by Gasteiger charge is 2.25. The summed E-state index contributed by atoms with van der Waals surface area (Å²) >= 11 is 0. The first-order valence-corrected chi connectivity index (χ1v) is 7.10. The summed E-state index contributed by atoms with van der Waals surface area (Å²) in [5.74, 6) is 1.37. The molecule has 0 aromatic heterocycles. The van der Waals surface area contributed by atoms with E-state index >= 15 is 0 Å². The molecule has 18 heavy (non-hydrogen) atoms. The zero-order valence-corrected chi connectivity index (χ0v) is 11.5. The van der Waals surface area contributed by atoms with Gasteiger partial charge in [0.2, 0.25) is 0 Å². The fourth-order valence-corrected chi connectivity index (χ4v) is 2.35. The molecule has 1 aliphatic carbocycles. The van der Waals surface area contributed by atoms with Gasteiger partial charge in [0, 0.05) is 6.61 Å². The van der Waals surface area contributed by atoms with Crippen LogP contribution in [0, 0.1) is 11.8 Å². The van der Waals surface area contributed by atoms with E-state index in [1.54, 1.807) is 0 Å². The van der Waals surface area contributed by atoms with Crippen LogP contribution in [0.2, 0.25) is 0 Å². The smallest absolute Gasteiger partial charge is 0.0790 e. The Balaban J connectivity index is 1.90. The van der Waals surface area contributed by atoms with E-state index in [-0.39, 0.29) is 12.1 Å². The second-order valence-electron chi connectivity index (χ2n) is 5.75. The van der Waals surface area contributed by atoms with Crippen LogP contribution in [0.5, 0.6) is 0 Å². The van der Waals surface area contributed by atoms with Gasteiger partial charge >= 0.3 is 0 Å². The van der Waals surface area contributed by atoms with Crippen molar-refractivity contribution in [1.82, 2.24) is 0 Å². The summed E-state index contributed by atoms with van der Waals surface area (Å²) in [7, 11) is 0. The van der Waals surface area contributed by atoms with Crippen LogP contribution in [0.15, 0.2) is 30.3 Å². The van der Waals surface area contributed by atoms with E-state index in [4.69, 9.17) is 10.5 Å². The van der Waals surface area contributed by atoms with Gasteiger partial charge in [-0.2, -0.15) is 0 Å². The van der Waals surface area contributed by atoms with Crippen molar-refractivity contribution in [3.8, 4) is 0 Å². The number of ether oxygens (including phenoxy) is 1. The summed E-state index contributed by atoms with van der Waals surface area (Å²) in [6, 6.07) is 10.3. The van der Waals surface area contributed by atoms with Crippen LogP contribution in [0.1, 0.15) is 44.7 Å². The highest BCUT2D eigenvalue weighted by atomic mass is 16.5. The Morgan fingerprint density at radius 1 is 1.22 bits per heavy atom. The lowest BCUT2D eigenvalue weighted by atomic mass is 9.94. The molecule has 0 bridgehead atoms. The van der Waals surface area contributed by atoms with Gasteiger partial charge in [-0.1, -0.05) is 57.0 Å². The minimum Gasteiger partial charge on any atom is -0.376 e. The highest BCUT2D eigenvalue weighted by molar-refractivity contribution is 5.19. The molecule has 2 atom stereocenters. The lowest BCUT2D eigenvalue weighted by Gasteiger charge is -2.28. The van der Waals surface area contributed by atoms with Crippen LogP contribution in [0.3, 0.4) is 0 Å². The average molecular weight is 247 g/mol. The molecule has 1 aromatic carbocycles. The topological polar surface area (TPSA) is 35.2 Å². The first-order valence-electron chi connectivity index (χ1n) is 7.10.